The molecule has 0 unspecified atom stereocenters. The third kappa shape index (κ3) is 2.99. The molecule has 0 N–H and O–H groups in total. The number of aromatic nitrogens is 2. The van der Waals surface area contributed by atoms with Crippen molar-refractivity contribution in [3.05, 3.63) is 18.2 Å². The molecule has 4 nitrogen and oxygen atoms in total. The summed E-state index contributed by atoms with van der Waals surface area (Å²) in [6.45, 7) is 2.08. The summed E-state index contributed by atoms with van der Waals surface area (Å²) >= 11 is 0. The van der Waals surface area contributed by atoms with Crippen LogP contribution in [0.4, 0.5) is 0 Å². The first kappa shape index (κ1) is 9.33. The Bertz CT molecular complexity index is 357. The topological polar surface area (TPSA) is 44.1 Å². The normalized spacial score (nSPS) is 8.77. The number of ether oxygens (including phenoxy) is 1. The number of hydrogen-bond acceptors (Lipinski definition) is 3. The molecule has 0 saturated heterocycles. The highest BCUT2D eigenvalue weighted by Crippen LogP contribution is 1.89. The average molecular weight is 178 g/mol. The van der Waals surface area contributed by atoms with Gasteiger partial charge in [0.05, 0.1) is 12.9 Å². The maximum Gasteiger partial charge on any atom is 0.384 e. The zero-order valence-electron chi connectivity index (χ0n) is 7.57. The lowest BCUT2D eigenvalue weighted by molar-refractivity contribution is -0.136. The van der Waals surface area contributed by atoms with Crippen LogP contribution in [0.1, 0.15) is 12.6 Å². The minimum Gasteiger partial charge on any atom is -0.456 e. The van der Waals surface area contributed by atoms with Gasteiger partial charge in [0.2, 0.25) is 0 Å². The van der Waals surface area contributed by atoms with Crippen LogP contribution in [-0.2, 0) is 16.6 Å². The molecule has 0 radical (unpaired) electrons. The Kier molecular flexibility index (Phi) is 3.09. The molecule has 1 rings (SSSR count). The SMILES string of the molecule is CCOC(=O)C#Cc1cn(C)cn1. The minimum absolute atomic E-state index is 0.343. The molecule has 4 heteroatoms. The number of carbonyl (C=O) groups excluding carboxylic acids is 1. The van der Waals surface area contributed by atoms with E-state index >= 15 is 0 Å². The molecule has 68 valence electrons. The van der Waals surface area contributed by atoms with Crippen molar-refractivity contribution in [3.63, 3.8) is 0 Å². The molecule has 0 aliphatic heterocycles. The van der Waals surface area contributed by atoms with Crippen molar-refractivity contribution in [1.29, 1.82) is 0 Å². The van der Waals surface area contributed by atoms with Crippen molar-refractivity contribution >= 4 is 5.97 Å². The van der Waals surface area contributed by atoms with Gasteiger partial charge in [-0.25, -0.2) is 9.78 Å². The van der Waals surface area contributed by atoms with E-state index in [2.05, 4.69) is 21.6 Å². The Hall–Kier alpha value is -1.76. The fraction of sp³-hybridized carbons (Fsp3) is 0.333. The highest BCUT2D eigenvalue weighted by Gasteiger charge is 1.94. The summed E-state index contributed by atoms with van der Waals surface area (Å²) in [6, 6.07) is 0. The van der Waals surface area contributed by atoms with Gasteiger partial charge >= 0.3 is 5.97 Å². The number of hydrogen-bond donors (Lipinski definition) is 0. The summed E-state index contributed by atoms with van der Waals surface area (Å²) in [5, 5.41) is 0. The molecule has 13 heavy (non-hydrogen) atoms. The summed E-state index contributed by atoms with van der Waals surface area (Å²) < 4.78 is 6.38. The second-order valence-electron chi connectivity index (χ2n) is 2.39. The molecule has 0 aliphatic carbocycles. The van der Waals surface area contributed by atoms with Gasteiger partial charge in [0, 0.05) is 19.2 Å². The molecule has 0 spiro atoms. The minimum atomic E-state index is -0.520. The van der Waals surface area contributed by atoms with Gasteiger partial charge in [-0.1, -0.05) is 0 Å². The molecular formula is C9H10N2O2. The molecule has 0 saturated carbocycles. The van der Waals surface area contributed by atoms with E-state index < -0.39 is 5.97 Å². The predicted molar refractivity (Wildman–Crippen MR) is 46.7 cm³/mol. The van der Waals surface area contributed by atoms with Gasteiger partial charge < -0.3 is 9.30 Å². The second kappa shape index (κ2) is 4.31. The lowest BCUT2D eigenvalue weighted by Crippen LogP contribution is -1.99. The zero-order valence-corrected chi connectivity index (χ0v) is 7.57. The van der Waals surface area contributed by atoms with Crippen LogP contribution >= 0.6 is 0 Å². The summed E-state index contributed by atoms with van der Waals surface area (Å²) in [4.78, 5) is 14.7. The van der Waals surface area contributed by atoms with Gasteiger partial charge in [0.25, 0.3) is 0 Å². The Balaban J connectivity index is 2.62. The third-order valence-electron chi connectivity index (χ3n) is 1.27. The Morgan fingerprint density at radius 2 is 2.54 bits per heavy atom. The van der Waals surface area contributed by atoms with Crippen molar-refractivity contribution in [3.8, 4) is 11.8 Å². The molecule has 0 bridgehead atoms. The highest BCUT2D eigenvalue weighted by molar-refractivity contribution is 5.88. The monoisotopic (exact) mass is 178 g/mol. The number of nitrogens with zero attached hydrogens (tertiary/aromatic N) is 2. The molecular weight excluding hydrogens is 168 g/mol. The van der Waals surface area contributed by atoms with Crippen molar-refractivity contribution < 1.29 is 9.53 Å². The lowest BCUT2D eigenvalue weighted by atomic mass is 10.4. The van der Waals surface area contributed by atoms with Crippen LogP contribution in [0, 0.1) is 11.8 Å². The van der Waals surface area contributed by atoms with E-state index in [1.165, 1.54) is 0 Å². The van der Waals surface area contributed by atoms with Crippen LogP contribution in [0.15, 0.2) is 12.5 Å². The summed E-state index contributed by atoms with van der Waals surface area (Å²) in [7, 11) is 1.84. The first-order chi connectivity index (χ1) is 6.22. The predicted octanol–water partition coefficient (Wildman–Crippen LogP) is 0.335. The largest absolute Gasteiger partial charge is 0.456 e. The van der Waals surface area contributed by atoms with Gasteiger partial charge in [-0.2, -0.15) is 0 Å². The van der Waals surface area contributed by atoms with Crippen molar-refractivity contribution in [2.24, 2.45) is 7.05 Å². The van der Waals surface area contributed by atoms with E-state index in [0.29, 0.717) is 12.3 Å². The van der Waals surface area contributed by atoms with Gasteiger partial charge in [-0.3, -0.25) is 0 Å². The second-order valence-corrected chi connectivity index (χ2v) is 2.39. The maximum absolute atomic E-state index is 10.8. The summed E-state index contributed by atoms with van der Waals surface area (Å²) in [5.74, 6) is 4.40. The van der Waals surface area contributed by atoms with E-state index in [-0.39, 0.29) is 0 Å². The van der Waals surface area contributed by atoms with Crippen molar-refractivity contribution in [2.75, 3.05) is 6.61 Å². The van der Waals surface area contributed by atoms with Crippen LogP contribution < -0.4 is 0 Å². The Morgan fingerprint density at radius 3 is 3.08 bits per heavy atom. The lowest BCUT2D eigenvalue weighted by Gasteiger charge is -1.89. The quantitative estimate of drug-likeness (QED) is 0.460. The first-order valence-electron chi connectivity index (χ1n) is 3.89. The molecule has 1 aromatic rings. The zero-order chi connectivity index (χ0) is 9.68. The van der Waals surface area contributed by atoms with E-state index in [4.69, 9.17) is 0 Å². The number of esters is 1. The van der Waals surface area contributed by atoms with Crippen LogP contribution in [0.2, 0.25) is 0 Å². The summed E-state index contributed by atoms with van der Waals surface area (Å²) in [6.07, 6.45) is 3.35. The molecule has 0 aromatic carbocycles. The van der Waals surface area contributed by atoms with E-state index in [9.17, 15) is 4.79 Å². The highest BCUT2D eigenvalue weighted by atomic mass is 16.5. The van der Waals surface area contributed by atoms with Crippen LogP contribution in [-0.4, -0.2) is 22.1 Å². The van der Waals surface area contributed by atoms with Gasteiger partial charge in [-0.05, 0) is 12.8 Å². The average Bonchev–Trinajstić information content (AvgIpc) is 2.49. The Labute approximate surface area is 76.5 Å². The maximum atomic E-state index is 10.8. The number of rotatable bonds is 1. The molecule has 0 fully saturated rings. The van der Waals surface area contributed by atoms with Gasteiger partial charge in [0.15, 0.2) is 0 Å². The van der Waals surface area contributed by atoms with Crippen LogP contribution in [0.3, 0.4) is 0 Å². The van der Waals surface area contributed by atoms with Crippen LogP contribution in [0.25, 0.3) is 0 Å². The number of imidazole rings is 1. The fourth-order valence-electron chi connectivity index (χ4n) is 0.760. The van der Waals surface area contributed by atoms with Crippen LogP contribution in [0.5, 0.6) is 0 Å². The van der Waals surface area contributed by atoms with Crippen molar-refractivity contribution in [2.45, 2.75) is 6.92 Å². The third-order valence-corrected chi connectivity index (χ3v) is 1.27. The smallest absolute Gasteiger partial charge is 0.384 e. The fourth-order valence-corrected chi connectivity index (χ4v) is 0.760. The summed E-state index contributed by atoms with van der Waals surface area (Å²) in [5.41, 5.74) is 0.565. The molecule has 0 atom stereocenters. The van der Waals surface area contributed by atoms with Gasteiger partial charge in [-0.15, -0.1) is 0 Å². The standard InChI is InChI=1S/C9H10N2O2/c1-3-13-9(12)5-4-8-6-11(2)7-10-8/h6-7H,3H2,1-2H3. The van der Waals surface area contributed by atoms with E-state index in [1.54, 1.807) is 24.0 Å². The van der Waals surface area contributed by atoms with E-state index in [0.717, 1.165) is 0 Å². The van der Waals surface area contributed by atoms with Gasteiger partial charge in [0.1, 0.15) is 5.69 Å². The molecule has 0 amide bonds. The molecule has 0 aliphatic rings. The molecule has 1 aromatic heterocycles. The van der Waals surface area contributed by atoms with Crippen molar-refractivity contribution in [1.82, 2.24) is 9.55 Å². The number of carbonyl (C=O) groups is 1. The first-order valence-corrected chi connectivity index (χ1v) is 3.89. The number of aryl methyl sites for hydroxylation is 1. The Morgan fingerprint density at radius 1 is 1.77 bits per heavy atom. The van der Waals surface area contributed by atoms with E-state index in [1.807, 2.05) is 7.05 Å². The molecule has 1 heterocycles.